The summed E-state index contributed by atoms with van der Waals surface area (Å²) in [5.41, 5.74) is 0.197. The van der Waals surface area contributed by atoms with E-state index in [4.69, 9.17) is 33.2 Å². The summed E-state index contributed by atoms with van der Waals surface area (Å²) in [7, 11) is 0. The molecule has 0 bridgehead atoms. The lowest BCUT2D eigenvalue weighted by Crippen LogP contribution is -2.13. The van der Waals surface area contributed by atoms with E-state index in [2.05, 4.69) is 0 Å². The van der Waals surface area contributed by atoms with Crippen LogP contribution in [0, 0.1) is 11.3 Å². The summed E-state index contributed by atoms with van der Waals surface area (Å²) in [6, 6.07) is 6.21. The quantitative estimate of drug-likeness (QED) is 0.751. The first kappa shape index (κ1) is 11.8. The Morgan fingerprint density at radius 2 is 2.20 bits per heavy atom. The number of halogens is 2. The van der Waals surface area contributed by atoms with E-state index < -0.39 is 12.1 Å². The molecule has 0 N–H and O–H groups in total. The zero-order chi connectivity index (χ0) is 11.4. The van der Waals surface area contributed by atoms with Crippen LogP contribution >= 0.6 is 23.2 Å². The molecule has 1 unspecified atom stereocenters. The zero-order valence-corrected chi connectivity index (χ0v) is 9.34. The molecule has 0 aromatic heterocycles. The summed E-state index contributed by atoms with van der Waals surface area (Å²) in [5, 5.41) is 9.10. The highest BCUT2D eigenvalue weighted by Gasteiger charge is 2.14. The van der Waals surface area contributed by atoms with Gasteiger partial charge in [0, 0.05) is 5.02 Å². The highest BCUT2D eigenvalue weighted by atomic mass is 35.5. The molecule has 0 aliphatic heterocycles. The Bertz CT molecular complexity index is 426. The lowest BCUT2D eigenvalue weighted by Gasteiger charge is -2.07. The fraction of sp³-hybridized carbons (Fsp3) is 0.200. The molecule has 1 aromatic carbocycles. The number of ether oxygens (including phenoxy) is 1. The number of nitriles is 1. The first-order chi connectivity index (χ1) is 7.04. The number of nitrogens with zero attached hydrogens (tertiary/aromatic N) is 1. The molecular weight excluding hydrogens is 237 g/mol. The van der Waals surface area contributed by atoms with Crippen molar-refractivity contribution in [3.8, 4) is 6.07 Å². The molecule has 0 spiro atoms. The minimum absolute atomic E-state index is 0.197. The fourth-order valence-corrected chi connectivity index (χ4v) is 1.39. The normalized spacial score (nSPS) is 11.6. The summed E-state index contributed by atoms with van der Waals surface area (Å²) < 4.78 is 4.78. The maximum Gasteiger partial charge on any atom is 0.340 e. The molecule has 1 rings (SSSR count). The molecule has 0 aliphatic rings. The van der Waals surface area contributed by atoms with Gasteiger partial charge in [0.1, 0.15) is 6.07 Å². The molecule has 0 heterocycles. The Kier molecular flexibility index (Phi) is 3.96. The van der Waals surface area contributed by atoms with Gasteiger partial charge in [-0.3, -0.25) is 0 Å². The second-order valence-electron chi connectivity index (χ2n) is 2.80. The molecule has 0 aliphatic carbocycles. The summed E-state index contributed by atoms with van der Waals surface area (Å²) in [6.07, 6.45) is -0.802. The molecule has 1 atom stereocenters. The predicted octanol–water partition coefficient (Wildman–Crippen LogP) is 3.06. The van der Waals surface area contributed by atoms with Crippen LogP contribution in [0.4, 0.5) is 0 Å². The van der Waals surface area contributed by atoms with Crippen molar-refractivity contribution in [2.45, 2.75) is 13.0 Å². The third-order valence-electron chi connectivity index (χ3n) is 1.62. The van der Waals surface area contributed by atoms with E-state index in [-0.39, 0.29) is 10.6 Å². The summed E-state index contributed by atoms with van der Waals surface area (Å²) >= 11 is 11.4. The van der Waals surface area contributed by atoms with Crippen LogP contribution in [0.3, 0.4) is 0 Å². The monoisotopic (exact) mass is 243 g/mol. The van der Waals surface area contributed by atoms with Crippen LogP contribution in [0.2, 0.25) is 10.0 Å². The molecule has 0 fully saturated rings. The molecule has 3 nitrogen and oxygen atoms in total. The molecule has 0 saturated heterocycles. The van der Waals surface area contributed by atoms with Gasteiger partial charge < -0.3 is 4.74 Å². The molecule has 78 valence electrons. The van der Waals surface area contributed by atoms with Crippen LogP contribution in [0.1, 0.15) is 17.3 Å². The predicted molar refractivity (Wildman–Crippen MR) is 57.0 cm³/mol. The Hall–Kier alpha value is -1.24. The molecule has 0 radical (unpaired) electrons. The van der Waals surface area contributed by atoms with Crippen molar-refractivity contribution < 1.29 is 9.53 Å². The van der Waals surface area contributed by atoms with E-state index in [1.165, 1.54) is 25.1 Å². The van der Waals surface area contributed by atoms with Gasteiger partial charge in [-0.15, -0.1) is 0 Å². The van der Waals surface area contributed by atoms with E-state index in [1.807, 2.05) is 0 Å². The van der Waals surface area contributed by atoms with Gasteiger partial charge in [0.15, 0.2) is 6.10 Å². The van der Waals surface area contributed by atoms with Gasteiger partial charge >= 0.3 is 5.97 Å². The van der Waals surface area contributed by atoms with Crippen molar-refractivity contribution >= 4 is 29.2 Å². The van der Waals surface area contributed by atoms with Crippen LogP contribution in [0.25, 0.3) is 0 Å². The van der Waals surface area contributed by atoms with Gasteiger partial charge in [0.2, 0.25) is 0 Å². The molecule has 0 saturated carbocycles. The van der Waals surface area contributed by atoms with Crippen LogP contribution in [0.15, 0.2) is 18.2 Å². The van der Waals surface area contributed by atoms with E-state index >= 15 is 0 Å². The third-order valence-corrected chi connectivity index (χ3v) is 2.16. The highest BCUT2D eigenvalue weighted by molar-refractivity contribution is 6.36. The Balaban J connectivity index is 2.88. The van der Waals surface area contributed by atoms with Gasteiger partial charge in [0.25, 0.3) is 0 Å². The van der Waals surface area contributed by atoms with Crippen molar-refractivity contribution in [2.24, 2.45) is 0 Å². The van der Waals surface area contributed by atoms with Crippen LogP contribution in [0.5, 0.6) is 0 Å². The summed E-state index contributed by atoms with van der Waals surface area (Å²) in [5.74, 6) is -0.634. The second kappa shape index (κ2) is 5.01. The fourth-order valence-electron chi connectivity index (χ4n) is 0.905. The van der Waals surface area contributed by atoms with Gasteiger partial charge in [-0.25, -0.2) is 4.79 Å². The van der Waals surface area contributed by atoms with Gasteiger partial charge in [-0.05, 0) is 25.1 Å². The Labute approximate surface area is 97.2 Å². The number of carbonyl (C=O) groups is 1. The number of benzene rings is 1. The minimum atomic E-state index is -0.802. The average Bonchev–Trinajstić information content (AvgIpc) is 2.17. The van der Waals surface area contributed by atoms with Crippen LogP contribution < -0.4 is 0 Å². The number of rotatable bonds is 2. The topological polar surface area (TPSA) is 50.1 Å². The van der Waals surface area contributed by atoms with Crippen molar-refractivity contribution in [3.63, 3.8) is 0 Å². The lowest BCUT2D eigenvalue weighted by atomic mass is 10.2. The first-order valence-electron chi connectivity index (χ1n) is 4.10. The number of esters is 1. The zero-order valence-electron chi connectivity index (χ0n) is 7.83. The van der Waals surface area contributed by atoms with Crippen molar-refractivity contribution in [3.05, 3.63) is 33.8 Å². The SMILES string of the molecule is CC(C#N)OC(=O)c1ccc(Cl)cc1Cl. The largest absolute Gasteiger partial charge is 0.444 e. The van der Waals surface area contributed by atoms with Crippen molar-refractivity contribution in [2.75, 3.05) is 0 Å². The summed E-state index contributed by atoms with van der Waals surface area (Å²) in [4.78, 5) is 11.4. The number of carbonyl (C=O) groups excluding carboxylic acids is 1. The standard InChI is InChI=1S/C10H7Cl2NO2/c1-6(5-13)15-10(14)8-3-2-7(11)4-9(8)12/h2-4,6H,1H3. The van der Waals surface area contributed by atoms with E-state index in [1.54, 1.807) is 6.07 Å². The molecule has 5 heteroatoms. The second-order valence-corrected chi connectivity index (χ2v) is 3.64. The molecule has 1 aromatic rings. The van der Waals surface area contributed by atoms with Gasteiger partial charge in [-0.2, -0.15) is 5.26 Å². The van der Waals surface area contributed by atoms with Crippen LogP contribution in [-0.2, 0) is 4.74 Å². The van der Waals surface area contributed by atoms with Crippen molar-refractivity contribution in [1.29, 1.82) is 5.26 Å². The van der Waals surface area contributed by atoms with E-state index in [0.29, 0.717) is 5.02 Å². The average molecular weight is 244 g/mol. The smallest absolute Gasteiger partial charge is 0.340 e. The molecular formula is C10H7Cl2NO2. The minimum Gasteiger partial charge on any atom is -0.444 e. The van der Waals surface area contributed by atoms with Crippen LogP contribution in [-0.4, -0.2) is 12.1 Å². The highest BCUT2D eigenvalue weighted by Crippen LogP contribution is 2.21. The number of hydrogen-bond acceptors (Lipinski definition) is 3. The van der Waals surface area contributed by atoms with E-state index in [9.17, 15) is 4.79 Å². The van der Waals surface area contributed by atoms with Gasteiger partial charge in [-0.1, -0.05) is 23.2 Å². The summed E-state index contributed by atoms with van der Waals surface area (Å²) in [6.45, 7) is 1.47. The third kappa shape index (κ3) is 3.12. The Morgan fingerprint density at radius 3 is 2.73 bits per heavy atom. The van der Waals surface area contributed by atoms with E-state index in [0.717, 1.165) is 0 Å². The van der Waals surface area contributed by atoms with Gasteiger partial charge in [0.05, 0.1) is 10.6 Å². The molecule has 15 heavy (non-hydrogen) atoms. The molecule has 0 amide bonds. The van der Waals surface area contributed by atoms with Crippen molar-refractivity contribution in [1.82, 2.24) is 0 Å². The lowest BCUT2D eigenvalue weighted by molar-refractivity contribution is 0.0435. The number of hydrogen-bond donors (Lipinski definition) is 0. The first-order valence-corrected chi connectivity index (χ1v) is 4.86. The maximum atomic E-state index is 11.4. The Morgan fingerprint density at radius 1 is 1.53 bits per heavy atom. The maximum absolute atomic E-state index is 11.4.